The fourth-order valence-electron chi connectivity index (χ4n) is 3.82. The lowest BCUT2D eigenvalue weighted by molar-refractivity contribution is 0.478. The molecule has 0 radical (unpaired) electrons. The van der Waals surface area contributed by atoms with Crippen LogP contribution in [0.25, 0.3) is 27.7 Å². The lowest BCUT2D eigenvalue weighted by Crippen LogP contribution is -2.39. The minimum absolute atomic E-state index is 0.277. The Kier molecular flexibility index (Phi) is 3.71. The number of hydrogen-bond acceptors (Lipinski definition) is 6. The third kappa shape index (κ3) is 2.78. The zero-order valence-corrected chi connectivity index (χ0v) is 15.2. The average molecular weight is 362 g/mol. The monoisotopic (exact) mass is 362 g/mol. The van der Waals surface area contributed by atoms with Crippen molar-refractivity contribution in [3.05, 3.63) is 36.5 Å². The molecule has 5 rings (SSSR count). The lowest BCUT2D eigenvalue weighted by Gasteiger charge is -2.26. The molecule has 0 amide bonds. The maximum Gasteiger partial charge on any atom is 0.240 e. The Hall–Kier alpha value is -3.13. The topological polar surface area (TPSA) is 98.1 Å². The largest absolute Gasteiger partial charge is 0.366 e. The number of benzene rings is 1. The normalized spacial score (nSPS) is 17.6. The zero-order chi connectivity index (χ0) is 18.4. The Morgan fingerprint density at radius 2 is 2.19 bits per heavy atom. The highest BCUT2D eigenvalue weighted by Gasteiger charge is 2.19. The van der Waals surface area contributed by atoms with Crippen molar-refractivity contribution in [2.24, 2.45) is 7.05 Å². The molecule has 1 atom stereocenters. The number of rotatable bonds is 3. The highest BCUT2D eigenvalue weighted by Crippen LogP contribution is 2.32. The summed E-state index contributed by atoms with van der Waals surface area (Å²) in [5, 5.41) is 17.0. The van der Waals surface area contributed by atoms with Gasteiger partial charge in [-0.25, -0.2) is 0 Å². The second kappa shape index (κ2) is 6.24. The van der Waals surface area contributed by atoms with E-state index < -0.39 is 0 Å². The number of nitrogens with one attached hydrogen (secondary N) is 2. The van der Waals surface area contributed by atoms with Crippen molar-refractivity contribution >= 4 is 28.3 Å². The molecule has 27 heavy (non-hydrogen) atoms. The summed E-state index contributed by atoms with van der Waals surface area (Å²) in [6.07, 6.45) is 4.16. The standard InChI is InChI=1S/C19H22N8/c1-26-16-9-12(4-5-13(16)10-22-26)15-6-7-17-24-19(20)25-27(17)18(15)23-14-3-2-8-21-11-14/h4-7,9-10,14,21,23H,2-3,8,11H2,1H3,(H2,20,25). The van der Waals surface area contributed by atoms with Crippen molar-refractivity contribution in [2.75, 3.05) is 24.1 Å². The van der Waals surface area contributed by atoms with Crippen LogP contribution in [0.3, 0.4) is 0 Å². The minimum atomic E-state index is 0.277. The summed E-state index contributed by atoms with van der Waals surface area (Å²) in [6, 6.07) is 10.8. The number of aryl methyl sites for hydroxylation is 1. The Labute approximate surface area is 156 Å². The molecule has 8 heteroatoms. The molecular weight excluding hydrogens is 340 g/mol. The summed E-state index contributed by atoms with van der Waals surface area (Å²) < 4.78 is 3.70. The fraction of sp³-hybridized carbons (Fsp3) is 0.316. The molecule has 138 valence electrons. The number of nitrogens with two attached hydrogens (primary N) is 1. The smallest absolute Gasteiger partial charge is 0.240 e. The maximum absolute atomic E-state index is 5.87. The molecule has 1 saturated heterocycles. The van der Waals surface area contributed by atoms with Gasteiger partial charge in [0.2, 0.25) is 5.95 Å². The van der Waals surface area contributed by atoms with Gasteiger partial charge in [-0.15, -0.1) is 5.10 Å². The predicted molar refractivity (Wildman–Crippen MR) is 107 cm³/mol. The summed E-state index contributed by atoms with van der Waals surface area (Å²) >= 11 is 0. The molecule has 1 aromatic carbocycles. The van der Waals surface area contributed by atoms with Gasteiger partial charge in [-0.1, -0.05) is 12.1 Å². The van der Waals surface area contributed by atoms with Gasteiger partial charge in [-0.2, -0.15) is 14.6 Å². The Bertz CT molecular complexity index is 1120. The molecule has 1 fully saturated rings. The van der Waals surface area contributed by atoms with Crippen molar-refractivity contribution in [3.63, 3.8) is 0 Å². The summed E-state index contributed by atoms with van der Waals surface area (Å²) in [7, 11) is 1.96. The van der Waals surface area contributed by atoms with E-state index in [1.807, 2.05) is 28.5 Å². The molecule has 8 nitrogen and oxygen atoms in total. The van der Waals surface area contributed by atoms with E-state index >= 15 is 0 Å². The molecule has 1 unspecified atom stereocenters. The Balaban J connectivity index is 1.67. The summed E-state index contributed by atoms with van der Waals surface area (Å²) in [6.45, 7) is 2.00. The van der Waals surface area contributed by atoms with E-state index in [4.69, 9.17) is 5.73 Å². The SMILES string of the molecule is Cn1ncc2ccc(-c3ccc4nc(N)nn4c3NC3CCCNC3)cc21. The van der Waals surface area contributed by atoms with E-state index in [2.05, 4.69) is 50.1 Å². The predicted octanol–water partition coefficient (Wildman–Crippen LogP) is 2.03. The second-order valence-electron chi connectivity index (χ2n) is 7.07. The number of fused-ring (bicyclic) bond motifs is 2. The number of nitrogen functional groups attached to an aromatic ring is 1. The van der Waals surface area contributed by atoms with E-state index in [1.54, 1.807) is 0 Å². The quantitative estimate of drug-likeness (QED) is 0.516. The van der Waals surface area contributed by atoms with E-state index in [0.717, 1.165) is 59.4 Å². The average Bonchev–Trinajstić information content (AvgIpc) is 3.25. The molecule has 0 bridgehead atoms. The highest BCUT2D eigenvalue weighted by atomic mass is 15.4. The Morgan fingerprint density at radius 1 is 1.26 bits per heavy atom. The zero-order valence-electron chi connectivity index (χ0n) is 15.2. The minimum Gasteiger partial charge on any atom is -0.366 e. The van der Waals surface area contributed by atoms with Crippen LogP contribution in [-0.2, 0) is 7.05 Å². The summed E-state index contributed by atoms with van der Waals surface area (Å²) in [5.74, 6) is 1.20. The van der Waals surface area contributed by atoms with Crippen molar-refractivity contribution in [1.29, 1.82) is 0 Å². The third-order valence-electron chi connectivity index (χ3n) is 5.21. The molecule has 4 aromatic rings. The number of pyridine rings is 1. The molecule has 1 aliphatic rings. The van der Waals surface area contributed by atoms with Gasteiger partial charge in [0, 0.05) is 30.6 Å². The lowest BCUT2D eigenvalue weighted by atomic mass is 10.0. The van der Waals surface area contributed by atoms with Gasteiger partial charge in [-0.3, -0.25) is 4.68 Å². The van der Waals surface area contributed by atoms with E-state index in [0.29, 0.717) is 6.04 Å². The fourth-order valence-corrected chi connectivity index (χ4v) is 3.82. The second-order valence-corrected chi connectivity index (χ2v) is 7.07. The first kappa shape index (κ1) is 16.1. The van der Waals surface area contributed by atoms with Gasteiger partial charge < -0.3 is 16.4 Å². The molecule has 3 aromatic heterocycles. The molecule has 4 N–H and O–H groups in total. The molecule has 4 heterocycles. The number of nitrogens with zero attached hydrogens (tertiary/aromatic N) is 5. The number of hydrogen-bond donors (Lipinski definition) is 3. The summed E-state index contributed by atoms with van der Waals surface area (Å²) in [4.78, 5) is 4.32. The van der Waals surface area contributed by atoms with Gasteiger partial charge in [-0.05, 0) is 43.1 Å². The van der Waals surface area contributed by atoms with Crippen LogP contribution in [0.5, 0.6) is 0 Å². The van der Waals surface area contributed by atoms with Gasteiger partial charge >= 0.3 is 0 Å². The molecule has 0 spiro atoms. The van der Waals surface area contributed by atoms with E-state index in [9.17, 15) is 0 Å². The molecule has 0 saturated carbocycles. The van der Waals surface area contributed by atoms with Crippen molar-refractivity contribution in [1.82, 2.24) is 29.7 Å². The van der Waals surface area contributed by atoms with Crippen molar-refractivity contribution < 1.29 is 0 Å². The van der Waals surface area contributed by atoms with E-state index in [1.165, 1.54) is 0 Å². The van der Waals surface area contributed by atoms with Gasteiger partial charge in [0.05, 0.1) is 11.7 Å². The first-order valence-corrected chi connectivity index (χ1v) is 9.24. The van der Waals surface area contributed by atoms with Crippen LogP contribution in [0.4, 0.5) is 11.8 Å². The number of anilines is 2. The maximum atomic E-state index is 5.87. The van der Waals surface area contributed by atoms with Crippen LogP contribution in [0, 0.1) is 0 Å². The highest BCUT2D eigenvalue weighted by molar-refractivity contribution is 5.87. The first-order valence-electron chi connectivity index (χ1n) is 9.24. The van der Waals surface area contributed by atoms with Crippen LogP contribution in [0.1, 0.15) is 12.8 Å². The van der Waals surface area contributed by atoms with Crippen LogP contribution in [0.15, 0.2) is 36.5 Å². The van der Waals surface area contributed by atoms with Crippen LogP contribution in [-0.4, -0.2) is 43.5 Å². The summed E-state index contributed by atoms with van der Waals surface area (Å²) in [5.41, 5.74) is 9.88. The molecular formula is C19H22N8. The van der Waals surface area contributed by atoms with Crippen molar-refractivity contribution in [2.45, 2.75) is 18.9 Å². The van der Waals surface area contributed by atoms with Crippen LogP contribution >= 0.6 is 0 Å². The van der Waals surface area contributed by atoms with Gasteiger partial charge in [0.1, 0.15) is 5.82 Å². The third-order valence-corrected chi connectivity index (χ3v) is 5.21. The molecule has 0 aliphatic carbocycles. The first-order chi connectivity index (χ1) is 13.2. The van der Waals surface area contributed by atoms with Gasteiger partial charge in [0.25, 0.3) is 0 Å². The van der Waals surface area contributed by atoms with Crippen molar-refractivity contribution in [3.8, 4) is 11.1 Å². The van der Waals surface area contributed by atoms with Crippen LogP contribution < -0.4 is 16.4 Å². The number of piperidine rings is 1. The van der Waals surface area contributed by atoms with Crippen LogP contribution in [0.2, 0.25) is 0 Å². The molecule has 1 aliphatic heterocycles. The van der Waals surface area contributed by atoms with Gasteiger partial charge in [0.15, 0.2) is 5.65 Å². The Morgan fingerprint density at radius 3 is 3.04 bits per heavy atom. The number of aromatic nitrogens is 5. The van der Waals surface area contributed by atoms with E-state index in [-0.39, 0.29) is 5.95 Å².